The van der Waals surface area contributed by atoms with Gasteiger partial charge in [0.1, 0.15) is 0 Å². The number of carboxylic acid groups (broad SMARTS) is 1. The Bertz CT molecular complexity index is 201. The summed E-state index contributed by atoms with van der Waals surface area (Å²) >= 11 is 0. The monoisotopic (exact) mass is 200 g/mol. The fraction of sp³-hybridized carbons (Fsp3) is 0.727. The van der Waals surface area contributed by atoms with Gasteiger partial charge in [-0.25, -0.2) is 0 Å². The van der Waals surface area contributed by atoms with E-state index in [0.717, 1.165) is 12.8 Å². The second-order valence-electron chi connectivity index (χ2n) is 3.62. The van der Waals surface area contributed by atoms with Crippen molar-refractivity contribution < 1.29 is 15.0 Å². The van der Waals surface area contributed by atoms with E-state index in [-0.39, 0.29) is 0 Å². The maximum atomic E-state index is 11.0. The van der Waals surface area contributed by atoms with E-state index in [1.807, 2.05) is 13.8 Å². The normalized spacial score (nSPS) is 17.1. The third kappa shape index (κ3) is 3.14. The van der Waals surface area contributed by atoms with Gasteiger partial charge in [-0.15, -0.1) is 6.58 Å². The zero-order valence-electron chi connectivity index (χ0n) is 8.99. The fourth-order valence-electron chi connectivity index (χ4n) is 1.69. The summed E-state index contributed by atoms with van der Waals surface area (Å²) in [7, 11) is 0. The molecular formula is C11H20O3. The smallest absolute Gasteiger partial charge is 0.309 e. The van der Waals surface area contributed by atoms with Gasteiger partial charge < -0.3 is 10.2 Å². The Labute approximate surface area is 85.4 Å². The van der Waals surface area contributed by atoms with Crippen LogP contribution in [0.5, 0.6) is 0 Å². The zero-order chi connectivity index (χ0) is 11.2. The van der Waals surface area contributed by atoms with Gasteiger partial charge in [-0.05, 0) is 12.8 Å². The minimum absolute atomic E-state index is 0.452. The van der Waals surface area contributed by atoms with Crippen molar-refractivity contribution in [1.82, 2.24) is 0 Å². The van der Waals surface area contributed by atoms with Gasteiger partial charge in [-0.2, -0.15) is 0 Å². The van der Waals surface area contributed by atoms with E-state index in [4.69, 9.17) is 5.11 Å². The first-order chi connectivity index (χ1) is 6.51. The van der Waals surface area contributed by atoms with Crippen LogP contribution in [0.4, 0.5) is 0 Å². The molecule has 0 spiro atoms. The van der Waals surface area contributed by atoms with Crippen molar-refractivity contribution in [3.63, 3.8) is 0 Å². The summed E-state index contributed by atoms with van der Waals surface area (Å²) in [5.41, 5.74) is -1.25. The molecule has 0 aliphatic heterocycles. The lowest BCUT2D eigenvalue weighted by molar-refractivity contribution is -0.150. The lowest BCUT2D eigenvalue weighted by atomic mass is 9.81. The molecule has 0 amide bonds. The van der Waals surface area contributed by atoms with Gasteiger partial charge in [-0.3, -0.25) is 4.79 Å². The summed E-state index contributed by atoms with van der Waals surface area (Å²) in [6.07, 6.45) is 3.79. The van der Waals surface area contributed by atoms with Gasteiger partial charge in [0.05, 0.1) is 11.5 Å². The minimum Gasteiger partial charge on any atom is -0.481 e. The van der Waals surface area contributed by atoms with E-state index >= 15 is 0 Å². The van der Waals surface area contributed by atoms with Crippen LogP contribution in [0.1, 0.15) is 39.5 Å². The number of hydrogen-bond acceptors (Lipinski definition) is 2. The van der Waals surface area contributed by atoms with Crippen molar-refractivity contribution in [3.8, 4) is 0 Å². The average Bonchev–Trinajstić information content (AvgIpc) is 2.14. The molecule has 3 heteroatoms. The van der Waals surface area contributed by atoms with E-state index in [1.54, 1.807) is 0 Å². The molecule has 0 rings (SSSR count). The lowest BCUT2D eigenvalue weighted by Gasteiger charge is -2.30. The molecule has 0 radical (unpaired) electrons. The average molecular weight is 200 g/mol. The molecule has 0 aromatic heterocycles. The highest BCUT2D eigenvalue weighted by Gasteiger charge is 2.37. The third-order valence-corrected chi connectivity index (χ3v) is 2.48. The topological polar surface area (TPSA) is 57.5 Å². The molecule has 2 N–H and O–H groups in total. The molecule has 0 saturated heterocycles. The van der Waals surface area contributed by atoms with Crippen LogP contribution in [-0.4, -0.2) is 21.8 Å². The van der Waals surface area contributed by atoms with Crippen molar-refractivity contribution in [2.75, 3.05) is 0 Å². The Kier molecular flexibility index (Phi) is 5.46. The van der Waals surface area contributed by atoms with E-state index in [9.17, 15) is 9.90 Å². The maximum absolute atomic E-state index is 11.0. The molecular weight excluding hydrogens is 180 g/mol. The molecule has 0 fully saturated rings. The summed E-state index contributed by atoms with van der Waals surface area (Å²) in [6, 6.07) is 0. The molecule has 0 aromatic rings. The number of carboxylic acids is 1. The highest BCUT2D eigenvalue weighted by atomic mass is 16.4. The largest absolute Gasteiger partial charge is 0.481 e. The Morgan fingerprint density at radius 3 is 2.36 bits per heavy atom. The third-order valence-electron chi connectivity index (χ3n) is 2.48. The summed E-state index contributed by atoms with van der Waals surface area (Å²) < 4.78 is 0. The minimum atomic E-state index is -1.25. The Balaban J connectivity index is 4.72. The molecule has 0 saturated carbocycles. The van der Waals surface area contributed by atoms with E-state index < -0.39 is 17.5 Å². The van der Waals surface area contributed by atoms with Gasteiger partial charge in [0.15, 0.2) is 0 Å². The Morgan fingerprint density at radius 1 is 1.50 bits per heavy atom. The van der Waals surface area contributed by atoms with Crippen LogP contribution in [0.15, 0.2) is 12.7 Å². The molecule has 0 aliphatic rings. The van der Waals surface area contributed by atoms with Gasteiger partial charge in [0.25, 0.3) is 0 Å². The van der Waals surface area contributed by atoms with Gasteiger partial charge in [0.2, 0.25) is 0 Å². The second kappa shape index (κ2) is 5.81. The first-order valence-corrected chi connectivity index (χ1v) is 5.10. The molecule has 82 valence electrons. The first-order valence-electron chi connectivity index (χ1n) is 5.10. The summed E-state index contributed by atoms with van der Waals surface area (Å²) in [5.74, 6) is -1.67. The van der Waals surface area contributed by atoms with Crippen molar-refractivity contribution in [2.45, 2.75) is 45.1 Å². The second-order valence-corrected chi connectivity index (χ2v) is 3.62. The van der Waals surface area contributed by atoms with Gasteiger partial charge in [-0.1, -0.05) is 32.8 Å². The molecule has 3 nitrogen and oxygen atoms in total. The van der Waals surface area contributed by atoms with E-state index in [2.05, 4.69) is 6.58 Å². The Morgan fingerprint density at radius 2 is 2.07 bits per heavy atom. The van der Waals surface area contributed by atoms with Crippen LogP contribution in [0.2, 0.25) is 0 Å². The first kappa shape index (κ1) is 13.2. The molecule has 0 heterocycles. The quantitative estimate of drug-likeness (QED) is 0.619. The molecule has 2 unspecified atom stereocenters. The number of aliphatic hydroxyl groups is 1. The molecule has 14 heavy (non-hydrogen) atoms. The lowest BCUT2D eigenvalue weighted by Crippen LogP contribution is -2.40. The molecule has 0 bridgehead atoms. The Hall–Kier alpha value is -0.830. The van der Waals surface area contributed by atoms with Crippen LogP contribution in [0.25, 0.3) is 0 Å². The highest BCUT2D eigenvalue weighted by Crippen LogP contribution is 2.28. The van der Waals surface area contributed by atoms with Crippen LogP contribution < -0.4 is 0 Å². The molecule has 2 atom stereocenters. The predicted octanol–water partition coefficient (Wildman–Crippen LogP) is 2.20. The van der Waals surface area contributed by atoms with Crippen molar-refractivity contribution in [1.29, 1.82) is 0 Å². The van der Waals surface area contributed by atoms with Crippen LogP contribution in [0.3, 0.4) is 0 Å². The number of carbonyl (C=O) groups is 1. The van der Waals surface area contributed by atoms with Crippen molar-refractivity contribution in [3.05, 3.63) is 12.7 Å². The molecule has 0 aliphatic carbocycles. The van der Waals surface area contributed by atoms with Gasteiger partial charge >= 0.3 is 5.97 Å². The number of rotatable bonds is 7. The predicted molar refractivity (Wildman–Crippen MR) is 56.1 cm³/mol. The number of hydrogen-bond donors (Lipinski definition) is 2. The standard InChI is InChI=1S/C11H20O3/c1-4-7-9(10(12)13)11(14,6-3)8-5-2/h6,9,14H,3-5,7-8H2,1-2H3,(H,12,13). The van der Waals surface area contributed by atoms with Crippen LogP contribution >= 0.6 is 0 Å². The van der Waals surface area contributed by atoms with Crippen LogP contribution in [0, 0.1) is 5.92 Å². The fourth-order valence-corrected chi connectivity index (χ4v) is 1.69. The summed E-state index contributed by atoms with van der Waals surface area (Å²) in [4.78, 5) is 11.0. The van der Waals surface area contributed by atoms with E-state index in [0.29, 0.717) is 12.8 Å². The van der Waals surface area contributed by atoms with Gasteiger partial charge in [0, 0.05) is 0 Å². The summed E-state index contributed by atoms with van der Waals surface area (Å²) in [5, 5.41) is 19.1. The SMILES string of the molecule is C=CC(O)(CCC)C(CCC)C(=O)O. The van der Waals surface area contributed by atoms with Crippen LogP contribution in [-0.2, 0) is 4.79 Å². The number of aliphatic carboxylic acids is 1. The highest BCUT2D eigenvalue weighted by molar-refractivity contribution is 5.72. The maximum Gasteiger partial charge on any atom is 0.309 e. The summed E-state index contributed by atoms with van der Waals surface area (Å²) in [6.45, 7) is 7.35. The molecule has 0 aromatic carbocycles. The zero-order valence-corrected chi connectivity index (χ0v) is 8.99. The van der Waals surface area contributed by atoms with Crippen molar-refractivity contribution in [2.24, 2.45) is 5.92 Å². The van der Waals surface area contributed by atoms with E-state index in [1.165, 1.54) is 6.08 Å². The van der Waals surface area contributed by atoms with Crippen molar-refractivity contribution >= 4 is 5.97 Å².